The topological polar surface area (TPSA) is 12.5 Å². The molecule has 74 valence electrons. The molecular weight excluding hydrogens is 150 g/mol. The highest BCUT2D eigenvalue weighted by atomic mass is 16.5. The smallest absolute Gasteiger partial charge is 0.0462 e. The van der Waals surface area contributed by atoms with E-state index in [0.717, 1.165) is 13.2 Å². The fourth-order valence-electron chi connectivity index (χ4n) is 1.34. The summed E-state index contributed by atoms with van der Waals surface area (Å²) in [6, 6.07) is 0.678. The van der Waals surface area contributed by atoms with E-state index in [9.17, 15) is 0 Å². The fraction of sp³-hybridized carbons (Fsp3) is 1.00. The average molecular weight is 173 g/mol. The van der Waals surface area contributed by atoms with E-state index in [1.165, 1.54) is 19.4 Å². The van der Waals surface area contributed by atoms with Crippen molar-refractivity contribution < 1.29 is 4.74 Å². The van der Waals surface area contributed by atoms with Gasteiger partial charge in [0.2, 0.25) is 0 Å². The fourth-order valence-corrected chi connectivity index (χ4v) is 1.34. The molecule has 0 spiro atoms. The van der Waals surface area contributed by atoms with E-state index in [0.29, 0.717) is 6.04 Å². The molecule has 2 heteroatoms. The minimum Gasteiger partial charge on any atom is -0.385 e. The number of ether oxygens (including phenoxy) is 1. The second kappa shape index (κ2) is 7.56. The van der Waals surface area contributed by atoms with Crippen LogP contribution in [0.4, 0.5) is 0 Å². The van der Waals surface area contributed by atoms with Crippen LogP contribution >= 0.6 is 0 Å². The van der Waals surface area contributed by atoms with Gasteiger partial charge in [0.05, 0.1) is 0 Å². The molecule has 0 aliphatic rings. The summed E-state index contributed by atoms with van der Waals surface area (Å²) in [5, 5.41) is 0. The molecule has 0 aliphatic carbocycles. The minimum absolute atomic E-state index is 0.678. The standard InChI is InChI=1S/C10H23NO/c1-5-11(10(2)3)8-6-7-9-12-4/h10H,5-9H2,1-4H3. The van der Waals surface area contributed by atoms with Crippen LogP contribution in [0.15, 0.2) is 0 Å². The van der Waals surface area contributed by atoms with Crippen LogP contribution in [0.25, 0.3) is 0 Å². The Labute approximate surface area is 76.9 Å². The Hall–Kier alpha value is -0.0800. The Morgan fingerprint density at radius 3 is 2.33 bits per heavy atom. The van der Waals surface area contributed by atoms with Crippen LogP contribution in [-0.2, 0) is 4.74 Å². The lowest BCUT2D eigenvalue weighted by atomic mass is 10.2. The molecule has 0 saturated heterocycles. The molecule has 0 aromatic carbocycles. The Morgan fingerprint density at radius 2 is 1.92 bits per heavy atom. The van der Waals surface area contributed by atoms with Crippen LogP contribution in [0.2, 0.25) is 0 Å². The predicted molar refractivity (Wildman–Crippen MR) is 53.5 cm³/mol. The van der Waals surface area contributed by atoms with Crippen LogP contribution in [-0.4, -0.2) is 37.7 Å². The Morgan fingerprint density at radius 1 is 1.25 bits per heavy atom. The first-order chi connectivity index (χ1) is 5.72. The highest BCUT2D eigenvalue weighted by molar-refractivity contribution is 4.59. The SMILES string of the molecule is CCN(CCCCOC)C(C)C. The lowest BCUT2D eigenvalue weighted by Gasteiger charge is -2.24. The van der Waals surface area contributed by atoms with E-state index in [-0.39, 0.29) is 0 Å². The van der Waals surface area contributed by atoms with Gasteiger partial charge >= 0.3 is 0 Å². The molecule has 0 saturated carbocycles. The molecule has 0 amide bonds. The highest BCUT2D eigenvalue weighted by Gasteiger charge is 2.04. The first-order valence-electron chi connectivity index (χ1n) is 4.95. The largest absolute Gasteiger partial charge is 0.385 e. The van der Waals surface area contributed by atoms with E-state index < -0.39 is 0 Å². The number of unbranched alkanes of at least 4 members (excludes halogenated alkanes) is 1. The van der Waals surface area contributed by atoms with Crippen molar-refractivity contribution in [2.75, 3.05) is 26.8 Å². The monoisotopic (exact) mass is 173 g/mol. The summed E-state index contributed by atoms with van der Waals surface area (Å²) >= 11 is 0. The number of nitrogens with zero attached hydrogens (tertiary/aromatic N) is 1. The predicted octanol–water partition coefficient (Wildman–Crippen LogP) is 2.14. The third kappa shape index (κ3) is 5.56. The molecule has 0 unspecified atom stereocenters. The van der Waals surface area contributed by atoms with Crippen molar-refractivity contribution in [2.24, 2.45) is 0 Å². The molecule has 0 N–H and O–H groups in total. The molecule has 12 heavy (non-hydrogen) atoms. The van der Waals surface area contributed by atoms with Gasteiger partial charge in [-0.15, -0.1) is 0 Å². The normalized spacial score (nSPS) is 11.5. The molecule has 0 aromatic rings. The zero-order chi connectivity index (χ0) is 9.40. The van der Waals surface area contributed by atoms with Gasteiger partial charge < -0.3 is 9.64 Å². The van der Waals surface area contributed by atoms with Gasteiger partial charge in [0.1, 0.15) is 0 Å². The summed E-state index contributed by atoms with van der Waals surface area (Å²) in [4.78, 5) is 2.48. The molecule has 0 aromatic heterocycles. The minimum atomic E-state index is 0.678. The van der Waals surface area contributed by atoms with Gasteiger partial charge in [-0.1, -0.05) is 6.92 Å². The van der Waals surface area contributed by atoms with Crippen molar-refractivity contribution in [1.82, 2.24) is 4.90 Å². The quantitative estimate of drug-likeness (QED) is 0.547. The van der Waals surface area contributed by atoms with Crippen LogP contribution in [0, 0.1) is 0 Å². The maximum absolute atomic E-state index is 5.00. The highest BCUT2D eigenvalue weighted by Crippen LogP contribution is 2.00. The second-order valence-corrected chi connectivity index (χ2v) is 3.42. The van der Waals surface area contributed by atoms with E-state index in [1.54, 1.807) is 7.11 Å². The van der Waals surface area contributed by atoms with E-state index in [1.807, 2.05) is 0 Å². The van der Waals surface area contributed by atoms with Crippen LogP contribution in [0.5, 0.6) is 0 Å². The molecule has 0 bridgehead atoms. The molecule has 0 radical (unpaired) electrons. The zero-order valence-corrected chi connectivity index (χ0v) is 8.97. The zero-order valence-electron chi connectivity index (χ0n) is 8.97. The summed E-state index contributed by atoms with van der Waals surface area (Å²) in [6.07, 6.45) is 2.43. The van der Waals surface area contributed by atoms with E-state index in [4.69, 9.17) is 4.74 Å². The lowest BCUT2D eigenvalue weighted by molar-refractivity contribution is 0.177. The van der Waals surface area contributed by atoms with Crippen LogP contribution in [0.3, 0.4) is 0 Å². The second-order valence-electron chi connectivity index (χ2n) is 3.42. The van der Waals surface area contributed by atoms with Crippen LogP contribution in [0.1, 0.15) is 33.6 Å². The Bertz CT molecular complexity index is 93.8. The molecule has 0 aliphatic heterocycles. The van der Waals surface area contributed by atoms with Gasteiger partial charge in [-0.05, 0) is 39.8 Å². The first-order valence-corrected chi connectivity index (χ1v) is 4.95. The lowest BCUT2D eigenvalue weighted by Crippen LogP contribution is -2.31. The van der Waals surface area contributed by atoms with Crippen LogP contribution < -0.4 is 0 Å². The van der Waals surface area contributed by atoms with Crippen molar-refractivity contribution in [3.05, 3.63) is 0 Å². The Balaban J connectivity index is 3.32. The van der Waals surface area contributed by atoms with Crippen molar-refractivity contribution in [2.45, 2.75) is 39.7 Å². The van der Waals surface area contributed by atoms with Crippen molar-refractivity contribution in [1.29, 1.82) is 0 Å². The molecular formula is C10H23NO. The van der Waals surface area contributed by atoms with E-state index in [2.05, 4.69) is 25.7 Å². The van der Waals surface area contributed by atoms with Gasteiger partial charge in [-0.25, -0.2) is 0 Å². The number of rotatable bonds is 7. The average Bonchev–Trinajstić information content (AvgIpc) is 2.04. The maximum atomic E-state index is 5.00. The van der Waals surface area contributed by atoms with Gasteiger partial charge in [-0.2, -0.15) is 0 Å². The summed E-state index contributed by atoms with van der Waals surface area (Å²) in [7, 11) is 1.76. The third-order valence-corrected chi connectivity index (χ3v) is 2.18. The molecule has 0 rings (SSSR count). The number of methoxy groups -OCH3 is 1. The van der Waals surface area contributed by atoms with Gasteiger partial charge in [-0.3, -0.25) is 0 Å². The Kier molecular flexibility index (Phi) is 7.51. The summed E-state index contributed by atoms with van der Waals surface area (Å²) in [6.45, 7) is 9.98. The number of hydrogen-bond donors (Lipinski definition) is 0. The molecule has 0 heterocycles. The van der Waals surface area contributed by atoms with Crippen molar-refractivity contribution >= 4 is 0 Å². The van der Waals surface area contributed by atoms with E-state index >= 15 is 0 Å². The molecule has 2 nitrogen and oxygen atoms in total. The van der Waals surface area contributed by atoms with Crippen molar-refractivity contribution in [3.63, 3.8) is 0 Å². The molecule has 0 fully saturated rings. The first kappa shape index (κ1) is 11.9. The van der Waals surface area contributed by atoms with Gasteiger partial charge in [0.15, 0.2) is 0 Å². The number of hydrogen-bond acceptors (Lipinski definition) is 2. The summed E-state index contributed by atoms with van der Waals surface area (Å²) < 4.78 is 5.00. The summed E-state index contributed by atoms with van der Waals surface area (Å²) in [5.74, 6) is 0. The maximum Gasteiger partial charge on any atom is 0.0462 e. The van der Waals surface area contributed by atoms with Gasteiger partial charge in [0.25, 0.3) is 0 Å². The third-order valence-electron chi connectivity index (χ3n) is 2.18. The summed E-state index contributed by atoms with van der Waals surface area (Å²) in [5.41, 5.74) is 0. The van der Waals surface area contributed by atoms with Gasteiger partial charge in [0, 0.05) is 19.8 Å². The molecule has 0 atom stereocenters. The van der Waals surface area contributed by atoms with Crippen molar-refractivity contribution in [3.8, 4) is 0 Å².